The van der Waals surface area contributed by atoms with Gasteiger partial charge in [-0.3, -0.25) is 9.59 Å². The number of esters is 2. The highest BCUT2D eigenvalue weighted by Crippen LogP contribution is 2.17. The van der Waals surface area contributed by atoms with Crippen LogP contribution >= 0.6 is 0 Å². The molecule has 9 heteroatoms. The number of carbonyl (C=O) groups is 3. The molecule has 0 spiro atoms. The molecule has 0 fully saturated rings. The van der Waals surface area contributed by atoms with E-state index in [9.17, 15) is 19.5 Å². The van der Waals surface area contributed by atoms with Gasteiger partial charge in [0.05, 0.1) is 34.4 Å². The molecule has 0 heterocycles. The van der Waals surface area contributed by atoms with Gasteiger partial charge < -0.3 is 28.5 Å². The van der Waals surface area contributed by atoms with Crippen molar-refractivity contribution in [3.63, 3.8) is 0 Å². The number of hydrogen-bond donors (Lipinski definition) is 1. The molecule has 0 saturated heterocycles. The number of carbonyl (C=O) groups excluding carboxylic acids is 2. The lowest BCUT2D eigenvalue weighted by molar-refractivity contribution is -0.870. The van der Waals surface area contributed by atoms with Gasteiger partial charge >= 0.3 is 17.9 Å². The van der Waals surface area contributed by atoms with Crippen molar-refractivity contribution in [1.29, 1.82) is 0 Å². The van der Waals surface area contributed by atoms with Crippen molar-refractivity contribution >= 4 is 17.9 Å². The summed E-state index contributed by atoms with van der Waals surface area (Å²) in [7, 11) is 5.96. The van der Waals surface area contributed by atoms with Gasteiger partial charge in [-0.1, -0.05) is 237 Å². The van der Waals surface area contributed by atoms with Gasteiger partial charge in [0.25, 0.3) is 6.29 Å². The SMILES string of the molecule is CCCCCCC/C=C\C/C=C\CCCCCCCCCCCCCCCCCCCCCCCCCC(=O)OC(COC(=O)CCCCCCCCC)COC(OCC[N+](C)(C)C)C(=O)O. The van der Waals surface area contributed by atoms with Crippen LogP contribution in [0.4, 0.5) is 0 Å². The molecule has 394 valence electrons. The first-order valence-corrected chi connectivity index (χ1v) is 28.5. The van der Waals surface area contributed by atoms with E-state index in [4.69, 9.17) is 18.9 Å². The molecular weight excluding hydrogens is 839 g/mol. The third kappa shape index (κ3) is 51.4. The number of ether oxygens (including phenoxy) is 4. The van der Waals surface area contributed by atoms with Crippen LogP contribution in [0.25, 0.3) is 0 Å². The quantitative estimate of drug-likeness (QED) is 0.0211. The molecule has 0 rings (SSSR count). The fourth-order valence-corrected chi connectivity index (χ4v) is 8.28. The first-order valence-electron chi connectivity index (χ1n) is 28.5. The Balaban J connectivity index is 3.88. The van der Waals surface area contributed by atoms with Gasteiger partial charge in [0, 0.05) is 12.8 Å². The summed E-state index contributed by atoms with van der Waals surface area (Å²) >= 11 is 0. The Kier molecular flexibility index (Phi) is 48.5. The van der Waals surface area contributed by atoms with E-state index >= 15 is 0 Å². The number of aliphatic carboxylic acids is 1. The topological polar surface area (TPSA) is 108 Å². The number of rotatable bonds is 53. The molecule has 0 aliphatic carbocycles. The number of likely N-dealkylation sites (N-methyl/N-ethyl adjacent to an activating group) is 1. The summed E-state index contributed by atoms with van der Waals surface area (Å²) in [5.74, 6) is -2.00. The molecule has 1 N–H and O–H groups in total. The summed E-state index contributed by atoms with van der Waals surface area (Å²) < 4.78 is 22.7. The van der Waals surface area contributed by atoms with E-state index in [0.717, 1.165) is 44.9 Å². The van der Waals surface area contributed by atoms with E-state index in [1.165, 1.54) is 199 Å². The van der Waals surface area contributed by atoms with Crippen LogP contribution in [0.3, 0.4) is 0 Å². The molecule has 0 bridgehead atoms. The van der Waals surface area contributed by atoms with E-state index in [2.05, 4.69) is 38.2 Å². The number of carboxylic acid groups (broad SMARTS) is 1. The molecule has 0 aliphatic rings. The predicted molar refractivity (Wildman–Crippen MR) is 281 cm³/mol. The molecule has 0 amide bonds. The lowest BCUT2D eigenvalue weighted by Gasteiger charge is -2.25. The average molecular weight is 950 g/mol. The Morgan fingerprint density at radius 3 is 1.18 bits per heavy atom. The van der Waals surface area contributed by atoms with Crippen LogP contribution in [0, 0.1) is 0 Å². The lowest BCUT2D eigenvalue weighted by atomic mass is 10.0. The van der Waals surface area contributed by atoms with E-state index in [1.807, 2.05) is 21.1 Å². The molecule has 0 aliphatic heterocycles. The van der Waals surface area contributed by atoms with E-state index < -0.39 is 24.3 Å². The van der Waals surface area contributed by atoms with Crippen LogP contribution in [0.1, 0.15) is 271 Å². The van der Waals surface area contributed by atoms with Gasteiger partial charge in [-0.25, -0.2) is 4.79 Å². The summed E-state index contributed by atoms with van der Waals surface area (Å²) in [5.41, 5.74) is 0. The first-order chi connectivity index (χ1) is 32.6. The minimum Gasteiger partial charge on any atom is -0.477 e. The van der Waals surface area contributed by atoms with E-state index in [0.29, 0.717) is 17.4 Å². The number of quaternary nitrogens is 1. The van der Waals surface area contributed by atoms with Gasteiger partial charge in [-0.05, 0) is 44.9 Å². The maximum absolute atomic E-state index is 12.8. The van der Waals surface area contributed by atoms with Crippen molar-refractivity contribution in [2.75, 3.05) is 47.5 Å². The van der Waals surface area contributed by atoms with E-state index in [-0.39, 0.29) is 32.2 Å². The summed E-state index contributed by atoms with van der Waals surface area (Å²) in [6.45, 7) is 4.84. The summed E-state index contributed by atoms with van der Waals surface area (Å²) in [5, 5.41) is 9.63. The fraction of sp³-hybridized carbons (Fsp3) is 0.879. The summed E-state index contributed by atoms with van der Waals surface area (Å²) in [6, 6.07) is 0. The number of hydrogen-bond acceptors (Lipinski definition) is 7. The second-order valence-electron chi connectivity index (χ2n) is 20.6. The highest BCUT2D eigenvalue weighted by atomic mass is 16.7. The molecule has 0 saturated carbocycles. The largest absolute Gasteiger partial charge is 0.477 e. The molecule has 2 unspecified atom stereocenters. The van der Waals surface area contributed by atoms with Crippen molar-refractivity contribution in [2.24, 2.45) is 0 Å². The van der Waals surface area contributed by atoms with E-state index in [1.54, 1.807) is 0 Å². The van der Waals surface area contributed by atoms with Crippen LogP contribution < -0.4 is 0 Å². The Bertz CT molecular complexity index is 1150. The highest BCUT2D eigenvalue weighted by Gasteiger charge is 2.25. The zero-order valence-electron chi connectivity index (χ0n) is 44.8. The fourth-order valence-electron chi connectivity index (χ4n) is 8.28. The van der Waals surface area contributed by atoms with Gasteiger partial charge in [0.2, 0.25) is 0 Å². The molecule has 9 nitrogen and oxygen atoms in total. The highest BCUT2D eigenvalue weighted by molar-refractivity contribution is 5.71. The third-order valence-corrected chi connectivity index (χ3v) is 12.7. The normalized spacial score (nSPS) is 12.9. The molecular formula is C58H110NO8+. The van der Waals surface area contributed by atoms with Crippen molar-refractivity contribution in [3.8, 4) is 0 Å². The first kappa shape index (κ1) is 64.8. The minimum absolute atomic E-state index is 0.177. The smallest absolute Gasteiger partial charge is 0.361 e. The lowest BCUT2D eigenvalue weighted by Crippen LogP contribution is -2.40. The number of unbranched alkanes of at least 4 members (excludes halogenated alkanes) is 34. The standard InChI is InChI=1S/C58H109NO8/c1-6-8-10-12-14-15-16-17-18-19-20-21-22-23-24-25-26-27-28-29-30-31-32-33-34-35-36-37-38-39-40-41-43-45-47-49-56(61)67-54(52-65-55(60)48-46-44-42-13-11-9-7-2)53-66-58(57(62)63)64-51-50-59(3,4)5/h16-17,19-20,54,58H,6-15,18,21-53H2,1-5H3/p+1/b17-16-,20-19-. The van der Waals surface area contributed by atoms with Crippen LogP contribution in [-0.2, 0) is 33.3 Å². The summed E-state index contributed by atoms with van der Waals surface area (Å²) in [6.07, 6.45) is 56.0. The van der Waals surface area contributed by atoms with Gasteiger partial charge in [0.1, 0.15) is 13.2 Å². The number of nitrogens with zero attached hydrogens (tertiary/aromatic N) is 1. The molecule has 0 aromatic heterocycles. The van der Waals surface area contributed by atoms with Crippen molar-refractivity contribution in [2.45, 2.75) is 283 Å². The second kappa shape index (κ2) is 50.2. The summed E-state index contributed by atoms with van der Waals surface area (Å²) in [4.78, 5) is 37.0. The van der Waals surface area contributed by atoms with Crippen LogP contribution in [-0.4, -0.2) is 87.4 Å². The molecule has 0 aromatic carbocycles. The third-order valence-electron chi connectivity index (χ3n) is 12.7. The molecule has 67 heavy (non-hydrogen) atoms. The maximum Gasteiger partial charge on any atom is 0.361 e. The van der Waals surface area contributed by atoms with Crippen molar-refractivity contribution in [1.82, 2.24) is 0 Å². The van der Waals surface area contributed by atoms with Crippen LogP contribution in [0.2, 0.25) is 0 Å². The second-order valence-corrected chi connectivity index (χ2v) is 20.6. The predicted octanol–water partition coefficient (Wildman–Crippen LogP) is 16.3. The Morgan fingerprint density at radius 1 is 0.448 bits per heavy atom. The monoisotopic (exact) mass is 949 g/mol. The van der Waals surface area contributed by atoms with Gasteiger partial charge in [0.15, 0.2) is 6.10 Å². The van der Waals surface area contributed by atoms with Crippen molar-refractivity contribution in [3.05, 3.63) is 24.3 Å². The van der Waals surface area contributed by atoms with Crippen LogP contribution in [0.5, 0.6) is 0 Å². The zero-order valence-corrected chi connectivity index (χ0v) is 44.8. The molecule has 2 atom stereocenters. The van der Waals surface area contributed by atoms with Crippen LogP contribution in [0.15, 0.2) is 24.3 Å². The Labute approximate surface area is 414 Å². The van der Waals surface area contributed by atoms with Gasteiger partial charge in [-0.2, -0.15) is 0 Å². The average Bonchev–Trinajstić information content (AvgIpc) is 3.29. The Hall–Kier alpha value is -2.23. The number of carboxylic acids is 1. The zero-order chi connectivity index (χ0) is 49.2. The number of allylic oxidation sites excluding steroid dienone is 4. The van der Waals surface area contributed by atoms with Crippen molar-refractivity contribution < 1.29 is 42.9 Å². The minimum atomic E-state index is -1.50. The Morgan fingerprint density at radius 2 is 0.806 bits per heavy atom. The molecule has 0 aromatic rings. The molecule has 0 radical (unpaired) electrons. The van der Waals surface area contributed by atoms with Gasteiger partial charge in [-0.15, -0.1) is 0 Å². The maximum atomic E-state index is 12.8.